The van der Waals surface area contributed by atoms with Crippen LogP contribution in [-0.4, -0.2) is 49.1 Å². The molecule has 0 saturated carbocycles. The van der Waals surface area contributed by atoms with Crippen LogP contribution in [0.2, 0.25) is 10.0 Å². The topological polar surface area (TPSA) is 105 Å². The predicted molar refractivity (Wildman–Crippen MR) is 104 cm³/mol. The van der Waals surface area contributed by atoms with E-state index in [9.17, 15) is 9.32 Å². The number of hydrogen-bond donors (Lipinski definition) is 3. The third-order valence-electron chi connectivity index (χ3n) is 3.90. The van der Waals surface area contributed by atoms with Crippen LogP contribution in [0.1, 0.15) is 12.0 Å². The molecule has 1 aliphatic heterocycles. The summed E-state index contributed by atoms with van der Waals surface area (Å²) < 4.78 is 13.9. The summed E-state index contributed by atoms with van der Waals surface area (Å²) in [5.41, 5.74) is -0.798. The third kappa shape index (κ3) is 5.91. The fraction of sp³-hybridized carbons (Fsp3) is 0.278. The first-order valence-electron chi connectivity index (χ1n) is 7.92. The molecule has 6 nitrogen and oxygen atoms in total. The Labute approximate surface area is 169 Å². The van der Waals surface area contributed by atoms with E-state index in [1.165, 1.54) is 6.07 Å². The van der Waals surface area contributed by atoms with Crippen molar-refractivity contribution in [3.63, 3.8) is 0 Å². The lowest BCUT2D eigenvalue weighted by molar-refractivity contribution is -0.000502. The first-order valence-corrected chi connectivity index (χ1v) is 9.78. The van der Waals surface area contributed by atoms with Gasteiger partial charge in [-0.05, 0) is 48.9 Å². The van der Waals surface area contributed by atoms with Crippen LogP contribution in [0.3, 0.4) is 0 Å². The van der Waals surface area contributed by atoms with Gasteiger partial charge in [0.15, 0.2) is 0 Å². The van der Waals surface area contributed by atoms with Crippen LogP contribution >= 0.6 is 23.2 Å². The summed E-state index contributed by atoms with van der Waals surface area (Å²) >= 11 is 11.5. The molecule has 27 heavy (non-hydrogen) atoms. The fourth-order valence-electron chi connectivity index (χ4n) is 2.38. The van der Waals surface area contributed by atoms with Gasteiger partial charge in [0.1, 0.15) is 22.3 Å². The van der Waals surface area contributed by atoms with Crippen molar-refractivity contribution in [3.05, 3.63) is 58.1 Å². The molecule has 3 N–H and O–H groups in total. The first kappa shape index (κ1) is 21.6. The van der Waals surface area contributed by atoms with Gasteiger partial charge < -0.3 is 15.3 Å². The zero-order chi connectivity index (χ0) is 20.0. The van der Waals surface area contributed by atoms with Gasteiger partial charge in [-0.25, -0.2) is 8.51 Å². The molecule has 1 aliphatic rings. The Morgan fingerprint density at radius 1 is 1.22 bits per heavy atom. The van der Waals surface area contributed by atoms with E-state index in [1.54, 1.807) is 40.7 Å². The van der Waals surface area contributed by atoms with Gasteiger partial charge in [0, 0.05) is 18.1 Å². The number of benzene rings is 2. The third-order valence-corrected chi connectivity index (χ3v) is 6.09. The van der Waals surface area contributed by atoms with Gasteiger partial charge in [-0.15, -0.1) is 0 Å². The van der Waals surface area contributed by atoms with E-state index in [0.29, 0.717) is 28.4 Å². The van der Waals surface area contributed by atoms with Gasteiger partial charge in [0.05, 0.1) is 28.2 Å². The molecule has 3 rings (SSSR count). The van der Waals surface area contributed by atoms with E-state index in [2.05, 4.69) is 0 Å². The second kappa shape index (κ2) is 9.51. The molecule has 0 bridgehead atoms. The molecule has 2 aromatic carbocycles. The van der Waals surface area contributed by atoms with Crippen molar-refractivity contribution in [1.82, 2.24) is 4.31 Å². The summed E-state index contributed by atoms with van der Waals surface area (Å²) in [6.45, 7) is 0.189. The molecule has 2 atom stereocenters. The van der Waals surface area contributed by atoms with Crippen LogP contribution in [0.5, 0.6) is 5.75 Å². The highest BCUT2D eigenvalue weighted by Crippen LogP contribution is 2.28. The molecule has 0 radical (unpaired) electrons. The van der Waals surface area contributed by atoms with Gasteiger partial charge in [0.2, 0.25) is 0 Å². The highest BCUT2D eigenvalue weighted by molar-refractivity contribution is 7.82. The van der Waals surface area contributed by atoms with Crippen molar-refractivity contribution in [2.24, 2.45) is 0 Å². The number of β-amino-alcohol motifs (C(OH)–C–C–N with tert-alkyl or cyclic N) is 1. The van der Waals surface area contributed by atoms with Gasteiger partial charge in [-0.3, -0.25) is 0 Å². The largest absolute Gasteiger partial charge is 0.508 e. The van der Waals surface area contributed by atoms with Crippen molar-refractivity contribution < 1.29 is 19.5 Å². The molecule has 0 aromatic heterocycles. The molecule has 2 aromatic rings. The molecular weight excluding hydrogens is 411 g/mol. The average Bonchev–Trinajstić information content (AvgIpc) is 3.07. The quantitative estimate of drug-likeness (QED) is 0.696. The Bertz CT molecular complexity index is 836. The van der Waals surface area contributed by atoms with Crippen LogP contribution in [0.25, 0.3) is 0 Å². The Hall–Kier alpha value is -1.66. The molecule has 0 spiro atoms. The summed E-state index contributed by atoms with van der Waals surface area (Å²) in [4.78, 5) is 0.405. The van der Waals surface area contributed by atoms with Crippen molar-refractivity contribution in [3.8, 4) is 11.8 Å². The van der Waals surface area contributed by atoms with Gasteiger partial charge in [-0.1, -0.05) is 23.2 Å². The predicted octanol–water partition coefficient (Wildman–Crippen LogP) is 2.71. The second-order valence-electron chi connectivity index (χ2n) is 5.98. The Balaban J connectivity index is 0.000000273. The monoisotopic (exact) mass is 428 g/mol. The Morgan fingerprint density at radius 3 is 2.37 bits per heavy atom. The number of aliphatic hydroxyl groups excluding tert-OH is 1. The number of halogens is 2. The van der Waals surface area contributed by atoms with E-state index in [0.717, 1.165) is 0 Å². The lowest BCUT2D eigenvalue weighted by Crippen LogP contribution is -2.37. The zero-order valence-electron chi connectivity index (χ0n) is 14.2. The fourth-order valence-corrected chi connectivity index (χ4v) is 4.19. The molecule has 144 valence electrons. The van der Waals surface area contributed by atoms with E-state index in [-0.39, 0.29) is 23.9 Å². The molecule has 2 unspecified atom stereocenters. The minimum Gasteiger partial charge on any atom is -0.508 e. The van der Waals surface area contributed by atoms with E-state index in [1.807, 2.05) is 6.07 Å². The maximum atomic E-state index is 12.3. The molecule has 0 amide bonds. The summed E-state index contributed by atoms with van der Waals surface area (Å²) in [6, 6.07) is 12.9. The van der Waals surface area contributed by atoms with E-state index < -0.39 is 16.6 Å². The standard InChI is InChI=1S/C12H13ClN2O3S.C6H5ClO/c13-10-5-9(6-14)1-2-11(10)19(18)15-4-3-12(17,7-15)8-16;7-5-1-3-6(8)4-2-5/h1-2,5,16-17H,3-4,7-8H2;1-4,8H. The molecule has 1 heterocycles. The zero-order valence-corrected chi connectivity index (χ0v) is 16.5. The van der Waals surface area contributed by atoms with Crippen LogP contribution in [0.15, 0.2) is 47.4 Å². The summed E-state index contributed by atoms with van der Waals surface area (Å²) in [5.74, 6) is 0.245. The number of aromatic hydroxyl groups is 1. The minimum atomic E-state index is -1.51. The summed E-state index contributed by atoms with van der Waals surface area (Å²) in [5, 5.41) is 37.3. The number of hydrogen-bond acceptors (Lipinski definition) is 5. The Kier molecular flexibility index (Phi) is 7.62. The number of rotatable bonds is 3. The average molecular weight is 429 g/mol. The van der Waals surface area contributed by atoms with Crippen molar-refractivity contribution in [1.29, 1.82) is 5.26 Å². The summed E-state index contributed by atoms with van der Waals surface area (Å²) in [7, 11) is -1.51. The van der Waals surface area contributed by atoms with Crippen LogP contribution < -0.4 is 0 Å². The van der Waals surface area contributed by atoms with Gasteiger partial charge >= 0.3 is 0 Å². The molecule has 1 saturated heterocycles. The van der Waals surface area contributed by atoms with Crippen molar-refractivity contribution in [2.45, 2.75) is 16.9 Å². The molecule has 1 fully saturated rings. The summed E-state index contributed by atoms with van der Waals surface area (Å²) in [6.07, 6.45) is 0.364. The second-order valence-corrected chi connectivity index (χ2v) is 8.28. The number of aliphatic hydroxyl groups is 2. The lowest BCUT2D eigenvalue weighted by atomic mass is 10.1. The van der Waals surface area contributed by atoms with E-state index in [4.69, 9.17) is 38.7 Å². The highest BCUT2D eigenvalue weighted by Gasteiger charge is 2.38. The van der Waals surface area contributed by atoms with Gasteiger partial charge in [-0.2, -0.15) is 5.26 Å². The minimum absolute atomic E-state index is 0.131. The smallest absolute Gasteiger partial charge is 0.129 e. The number of phenols is 1. The van der Waals surface area contributed by atoms with Crippen LogP contribution in [0.4, 0.5) is 0 Å². The first-order chi connectivity index (χ1) is 12.8. The molecule has 0 aliphatic carbocycles. The highest BCUT2D eigenvalue weighted by atomic mass is 35.5. The number of phenolic OH excluding ortho intramolecular Hbond substituents is 1. The maximum absolute atomic E-state index is 12.3. The van der Waals surface area contributed by atoms with Gasteiger partial charge in [0.25, 0.3) is 0 Å². The normalized spacial score (nSPS) is 20.4. The SMILES string of the molecule is N#Cc1ccc(S(=O)N2CCC(O)(CO)C2)c(Cl)c1.Oc1ccc(Cl)cc1. The van der Waals surface area contributed by atoms with Crippen LogP contribution in [-0.2, 0) is 11.0 Å². The van der Waals surface area contributed by atoms with Crippen molar-refractivity contribution >= 4 is 34.2 Å². The number of nitriles is 1. The van der Waals surface area contributed by atoms with E-state index >= 15 is 0 Å². The maximum Gasteiger partial charge on any atom is 0.129 e. The van der Waals surface area contributed by atoms with Crippen molar-refractivity contribution in [2.75, 3.05) is 19.7 Å². The molecular formula is C18H18Cl2N2O4S. The number of nitrogens with zero attached hydrogens (tertiary/aromatic N) is 2. The Morgan fingerprint density at radius 2 is 1.89 bits per heavy atom. The molecule has 9 heteroatoms. The lowest BCUT2D eigenvalue weighted by Gasteiger charge is -2.20. The van der Waals surface area contributed by atoms with Crippen LogP contribution in [0, 0.1) is 11.3 Å².